The number of aliphatic imine (C=N–C) groups is 1. The molecule has 2 heterocycles. The van der Waals surface area contributed by atoms with Gasteiger partial charge in [-0.25, -0.2) is 4.98 Å². The largest absolute Gasteiger partial charge is 0.357 e. The zero-order valence-corrected chi connectivity index (χ0v) is 15.4. The van der Waals surface area contributed by atoms with Gasteiger partial charge < -0.3 is 15.2 Å². The molecule has 0 radical (unpaired) electrons. The number of rotatable bonds is 5. The van der Waals surface area contributed by atoms with Crippen LogP contribution in [0.2, 0.25) is 0 Å². The van der Waals surface area contributed by atoms with Gasteiger partial charge >= 0.3 is 0 Å². The molecule has 5 nitrogen and oxygen atoms in total. The number of thioether (sulfide) groups is 1. The fourth-order valence-corrected chi connectivity index (χ4v) is 4.16. The molecule has 1 aliphatic rings. The molecule has 2 N–H and O–H groups in total. The first-order valence-electron chi connectivity index (χ1n) is 8.88. The minimum atomic E-state index is 0.720. The Morgan fingerprint density at radius 2 is 2.29 bits per heavy atom. The number of imidazole rings is 1. The molecule has 0 spiro atoms. The first kappa shape index (κ1) is 17.1. The summed E-state index contributed by atoms with van der Waals surface area (Å²) in [7, 11) is 0. The fourth-order valence-electron chi connectivity index (χ4n) is 2.98. The van der Waals surface area contributed by atoms with Crippen molar-refractivity contribution in [3.63, 3.8) is 0 Å². The Morgan fingerprint density at radius 1 is 1.42 bits per heavy atom. The van der Waals surface area contributed by atoms with Crippen molar-refractivity contribution in [3.8, 4) is 0 Å². The maximum atomic E-state index is 4.83. The quantitative estimate of drug-likeness (QED) is 0.646. The zero-order valence-electron chi connectivity index (χ0n) is 14.6. The SMILES string of the molecule is CCNC(=NCCc1nc2ccccc2[nH]1)N1CCSC(CC)C1. The van der Waals surface area contributed by atoms with Gasteiger partial charge in [-0.3, -0.25) is 4.99 Å². The van der Waals surface area contributed by atoms with Gasteiger partial charge in [-0.2, -0.15) is 11.8 Å². The predicted molar refractivity (Wildman–Crippen MR) is 104 cm³/mol. The molecule has 2 aromatic rings. The Hall–Kier alpha value is -1.69. The second kappa shape index (κ2) is 8.42. The van der Waals surface area contributed by atoms with E-state index in [0.29, 0.717) is 0 Å². The Bertz CT molecular complexity index is 648. The third-order valence-electron chi connectivity index (χ3n) is 4.28. The number of aromatic amines is 1. The lowest BCUT2D eigenvalue weighted by molar-refractivity contribution is 0.408. The summed E-state index contributed by atoms with van der Waals surface area (Å²) >= 11 is 2.09. The van der Waals surface area contributed by atoms with Gasteiger partial charge in [0.05, 0.1) is 11.0 Å². The Morgan fingerprint density at radius 3 is 3.08 bits per heavy atom. The highest BCUT2D eigenvalue weighted by atomic mass is 32.2. The molecule has 3 rings (SSSR count). The van der Waals surface area contributed by atoms with E-state index in [1.54, 1.807) is 0 Å². The number of H-pyrrole nitrogens is 1. The van der Waals surface area contributed by atoms with Crippen LogP contribution in [-0.4, -0.2) is 58.0 Å². The van der Waals surface area contributed by atoms with E-state index in [1.165, 1.54) is 12.2 Å². The number of nitrogens with one attached hydrogen (secondary N) is 2. The van der Waals surface area contributed by atoms with Crippen LogP contribution in [0.3, 0.4) is 0 Å². The van der Waals surface area contributed by atoms with Crippen molar-refractivity contribution in [3.05, 3.63) is 30.1 Å². The van der Waals surface area contributed by atoms with Crippen LogP contribution in [0.1, 0.15) is 26.1 Å². The molecule has 1 unspecified atom stereocenters. The Labute approximate surface area is 148 Å². The topological polar surface area (TPSA) is 56.3 Å². The maximum Gasteiger partial charge on any atom is 0.193 e. The molecule has 1 aromatic carbocycles. The molecule has 1 aliphatic heterocycles. The molecule has 1 saturated heterocycles. The van der Waals surface area contributed by atoms with Gasteiger partial charge in [-0.15, -0.1) is 0 Å². The first-order valence-corrected chi connectivity index (χ1v) is 9.93. The number of guanidine groups is 1. The number of fused-ring (bicyclic) bond motifs is 1. The maximum absolute atomic E-state index is 4.83. The monoisotopic (exact) mass is 345 g/mol. The highest BCUT2D eigenvalue weighted by molar-refractivity contribution is 8.00. The number of para-hydroxylation sites is 2. The van der Waals surface area contributed by atoms with Crippen molar-refractivity contribution in [2.45, 2.75) is 31.9 Å². The highest BCUT2D eigenvalue weighted by Gasteiger charge is 2.21. The number of hydrogen-bond donors (Lipinski definition) is 2. The summed E-state index contributed by atoms with van der Waals surface area (Å²) in [5.41, 5.74) is 2.13. The summed E-state index contributed by atoms with van der Waals surface area (Å²) in [6, 6.07) is 8.16. The van der Waals surface area contributed by atoms with Crippen LogP contribution in [0.4, 0.5) is 0 Å². The summed E-state index contributed by atoms with van der Waals surface area (Å²) in [6.45, 7) is 8.24. The van der Waals surface area contributed by atoms with Gasteiger partial charge in [-0.05, 0) is 25.5 Å². The van der Waals surface area contributed by atoms with Gasteiger partial charge in [-0.1, -0.05) is 19.1 Å². The van der Waals surface area contributed by atoms with E-state index >= 15 is 0 Å². The van der Waals surface area contributed by atoms with E-state index in [-0.39, 0.29) is 0 Å². The average Bonchev–Trinajstić information content (AvgIpc) is 3.04. The second-order valence-corrected chi connectivity index (χ2v) is 7.44. The van der Waals surface area contributed by atoms with Crippen molar-refractivity contribution in [2.75, 3.05) is 31.9 Å². The lowest BCUT2D eigenvalue weighted by atomic mass is 10.3. The van der Waals surface area contributed by atoms with Crippen molar-refractivity contribution in [2.24, 2.45) is 4.99 Å². The molecule has 0 bridgehead atoms. The molecule has 0 amide bonds. The first-order chi connectivity index (χ1) is 11.8. The van der Waals surface area contributed by atoms with Gasteiger partial charge in [0.15, 0.2) is 5.96 Å². The van der Waals surface area contributed by atoms with E-state index in [2.05, 4.69) is 51.9 Å². The van der Waals surface area contributed by atoms with Gasteiger partial charge in [0.1, 0.15) is 5.82 Å². The molecule has 1 aromatic heterocycles. The standard InChI is InChI=1S/C18H27N5S/c1-3-14-13-23(11-12-24-14)18(19-4-2)20-10-9-17-21-15-7-5-6-8-16(15)22-17/h5-8,14H,3-4,9-13H2,1-2H3,(H,19,20)(H,21,22). The van der Waals surface area contributed by atoms with Crippen molar-refractivity contribution in [1.82, 2.24) is 20.2 Å². The Kier molecular flexibility index (Phi) is 6.01. The zero-order chi connectivity index (χ0) is 16.8. The molecule has 6 heteroatoms. The van der Waals surface area contributed by atoms with Crippen LogP contribution < -0.4 is 5.32 Å². The molecule has 1 atom stereocenters. The number of hydrogen-bond acceptors (Lipinski definition) is 3. The summed E-state index contributed by atoms with van der Waals surface area (Å²) in [5.74, 6) is 3.25. The van der Waals surface area contributed by atoms with Crippen molar-refractivity contribution >= 4 is 28.8 Å². The van der Waals surface area contributed by atoms with Crippen LogP contribution in [0, 0.1) is 0 Å². The normalized spacial score (nSPS) is 19.0. The third-order valence-corrected chi connectivity index (χ3v) is 5.65. The summed E-state index contributed by atoms with van der Waals surface area (Å²) in [6.07, 6.45) is 2.06. The van der Waals surface area contributed by atoms with Crippen LogP contribution in [0.25, 0.3) is 11.0 Å². The van der Waals surface area contributed by atoms with E-state index in [4.69, 9.17) is 4.99 Å². The number of benzene rings is 1. The summed E-state index contributed by atoms with van der Waals surface area (Å²) in [4.78, 5) is 15.3. The fraction of sp³-hybridized carbons (Fsp3) is 0.556. The van der Waals surface area contributed by atoms with Crippen LogP contribution >= 0.6 is 11.8 Å². The molecular formula is C18H27N5S. The summed E-state index contributed by atoms with van der Waals surface area (Å²) in [5, 5.41) is 4.17. The smallest absolute Gasteiger partial charge is 0.193 e. The van der Waals surface area contributed by atoms with Gasteiger partial charge in [0, 0.05) is 43.6 Å². The summed E-state index contributed by atoms with van der Waals surface area (Å²) < 4.78 is 0. The lowest BCUT2D eigenvalue weighted by Gasteiger charge is -2.34. The minimum absolute atomic E-state index is 0.720. The lowest BCUT2D eigenvalue weighted by Crippen LogP contribution is -2.48. The molecule has 1 fully saturated rings. The Balaban J connectivity index is 1.62. The van der Waals surface area contributed by atoms with Gasteiger partial charge in [0.2, 0.25) is 0 Å². The van der Waals surface area contributed by atoms with E-state index < -0.39 is 0 Å². The van der Waals surface area contributed by atoms with E-state index in [9.17, 15) is 0 Å². The van der Waals surface area contributed by atoms with Crippen LogP contribution in [0.15, 0.2) is 29.3 Å². The highest BCUT2D eigenvalue weighted by Crippen LogP contribution is 2.21. The van der Waals surface area contributed by atoms with E-state index in [1.807, 2.05) is 18.2 Å². The minimum Gasteiger partial charge on any atom is -0.357 e. The van der Waals surface area contributed by atoms with Crippen molar-refractivity contribution < 1.29 is 0 Å². The molecular weight excluding hydrogens is 318 g/mol. The molecule has 24 heavy (non-hydrogen) atoms. The third kappa shape index (κ3) is 4.23. The number of aromatic nitrogens is 2. The van der Waals surface area contributed by atoms with Crippen molar-refractivity contribution in [1.29, 1.82) is 0 Å². The molecule has 130 valence electrons. The average molecular weight is 346 g/mol. The van der Waals surface area contributed by atoms with Gasteiger partial charge in [0.25, 0.3) is 0 Å². The van der Waals surface area contributed by atoms with Crippen LogP contribution in [-0.2, 0) is 6.42 Å². The van der Waals surface area contributed by atoms with E-state index in [0.717, 1.165) is 60.7 Å². The second-order valence-electron chi connectivity index (χ2n) is 6.03. The number of nitrogens with zero attached hydrogens (tertiary/aromatic N) is 3. The predicted octanol–water partition coefficient (Wildman–Crippen LogP) is 2.90. The van der Waals surface area contributed by atoms with Crippen LogP contribution in [0.5, 0.6) is 0 Å². The molecule has 0 saturated carbocycles. The molecule has 0 aliphatic carbocycles.